The van der Waals surface area contributed by atoms with Gasteiger partial charge in [0, 0.05) is 16.7 Å². The molecule has 3 nitrogen and oxygen atoms in total. The normalized spacial score (nSPS) is 10.3. The van der Waals surface area contributed by atoms with E-state index in [0.29, 0.717) is 10.7 Å². The number of nitrogens with zero attached hydrogens (tertiary/aromatic N) is 1. The summed E-state index contributed by atoms with van der Waals surface area (Å²) in [6.45, 7) is 0. The topological polar surface area (TPSA) is 43.1 Å². The molecular formula is C10H5Cl2NO2. The first-order valence-electron chi connectivity index (χ1n) is 4.09. The van der Waals surface area contributed by atoms with E-state index in [9.17, 15) is 4.79 Å². The summed E-state index contributed by atoms with van der Waals surface area (Å²) in [5.74, 6) is 0.0293. The average molecular weight is 242 g/mol. The third-order valence-electron chi connectivity index (χ3n) is 1.84. The molecule has 0 radical (unpaired) electrons. The maximum Gasteiger partial charge on any atom is 0.290 e. The Kier molecular flexibility index (Phi) is 2.75. The van der Waals surface area contributed by atoms with E-state index >= 15 is 0 Å². The fourth-order valence-electron chi connectivity index (χ4n) is 1.12. The third kappa shape index (κ3) is 2.19. The molecule has 0 N–H and O–H groups in total. The molecule has 0 unspecified atom stereocenters. The largest absolute Gasteiger partial charge is 0.351 e. The number of halogens is 2. The second kappa shape index (κ2) is 4.04. The van der Waals surface area contributed by atoms with E-state index in [1.165, 1.54) is 6.07 Å². The zero-order chi connectivity index (χ0) is 10.8. The highest BCUT2D eigenvalue weighted by molar-refractivity contribution is 6.67. The Balaban J connectivity index is 2.37. The predicted octanol–water partition coefficient (Wildman–Crippen LogP) is 3.37. The molecule has 5 heteroatoms. The van der Waals surface area contributed by atoms with Gasteiger partial charge in [0.1, 0.15) is 5.69 Å². The minimum atomic E-state index is -0.664. The van der Waals surface area contributed by atoms with Gasteiger partial charge in [0.05, 0.1) is 0 Å². The molecule has 1 aromatic heterocycles. The molecule has 2 rings (SSSR count). The van der Waals surface area contributed by atoms with E-state index in [4.69, 9.17) is 27.7 Å². The second-order valence-electron chi connectivity index (χ2n) is 2.86. The van der Waals surface area contributed by atoms with Gasteiger partial charge in [-0.25, -0.2) is 0 Å². The highest BCUT2D eigenvalue weighted by Crippen LogP contribution is 2.21. The lowest BCUT2D eigenvalue weighted by Gasteiger charge is -1.93. The van der Waals surface area contributed by atoms with Crippen LogP contribution in [0.3, 0.4) is 0 Å². The van der Waals surface area contributed by atoms with Gasteiger partial charge in [-0.15, -0.1) is 0 Å². The van der Waals surface area contributed by atoms with E-state index in [2.05, 4.69) is 5.16 Å². The quantitative estimate of drug-likeness (QED) is 0.758. The van der Waals surface area contributed by atoms with Crippen molar-refractivity contribution in [2.45, 2.75) is 0 Å². The third-order valence-corrected chi connectivity index (χ3v) is 2.28. The van der Waals surface area contributed by atoms with Crippen LogP contribution >= 0.6 is 23.2 Å². The van der Waals surface area contributed by atoms with Gasteiger partial charge in [-0.2, -0.15) is 0 Å². The first-order valence-corrected chi connectivity index (χ1v) is 4.85. The Morgan fingerprint density at radius 3 is 2.47 bits per heavy atom. The summed E-state index contributed by atoms with van der Waals surface area (Å²) in [5, 5.41) is 3.68. The molecule has 2 aromatic rings. The van der Waals surface area contributed by atoms with Crippen molar-refractivity contribution in [1.29, 1.82) is 0 Å². The summed E-state index contributed by atoms with van der Waals surface area (Å²) in [6.07, 6.45) is 0. The van der Waals surface area contributed by atoms with E-state index < -0.39 is 5.24 Å². The molecule has 0 aliphatic rings. The molecular weight excluding hydrogens is 237 g/mol. The zero-order valence-corrected chi connectivity index (χ0v) is 8.92. The summed E-state index contributed by atoms with van der Waals surface area (Å²) >= 11 is 11.0. The van der Waals surface area contributed by atoms with Gasteiger partial charge in [0.2, 0.25) is 5.76 Å². The molecule has 1 heterocycles. The van der Waals surface area contributed by atoms with Gasteiger partial charge in [-0.3, -0.25) is 4.79 Å². The number of aromatic nitrogens is 1. The summed E-state index contributed by atoms with van der Waals surface area (Å²) in [5.41, 5.74) is 1.36. The van der Waals surface area contributed by atoms with Crippen LogP contribution in [0.2, 0.25) is 5.02 Å². The summed E-state index contributed by atoms with van der Waals surface area (Å²) < 4.78 is 4.75. The Labute approximate surface area is 95.6 Å². The van der Waals surface area contributed by atoms with Gasteiger partial charge >= 0.3 is 0 Å². The number of rotatable bonds is 2. The van der Waals surface area contributed by atoms with Gasteiger partial charge < -0.3 is 4.52 Å². The number of carbonyl (C=O) groups excluding carboxylic acids is 1. The molecule has 76 valence electrons. The van der Waals surface area contributed by atoms with Crippen LogP contribution in [0.4, 0.5) is 0 Å². The van der Waals surface area contributed by atoms with Gasteiger partial charge in [0.15, 0.2) is 0 Å². The van der Waals surface area contributed by atoms with E-state index in [0.717, 1.165) is 5.56 Å². The van der Waals surface area contributed by atoms with Crippen LogP contribution in [0.25, 0.3) is 11.3 Å². The zero-order valence-electron chi connectivity index (χ0n) is 7.41. The van der Waals surface area contributed by atoms with Crippen molar-refractivity contribution in [1.82, 2.24) is 5.16 Å². The first kappa shape index (κ1) is 10.2. The average Bonchev–Trinajstić information content (AvgIpc) is 2.68. The molecule has 0 saturated heterocycles. The number of carbonyl (C=O) groups is 1. The maximum atomic E-state index is 10.8. The van der Waals surface area contributed by atoms with Crippen LogP contribution in [0, 0.1) is 0 Å². The molecule has 0 fully saturated rings. The van der Waals surface area contributed by atoms with Crippen LogP contribution in [-0.2, 0) is 0 Å². The fraction of sp³-hybridized carbons (Fsp3) is 0. The second-order valence-corrected chi connectivity index (χ2v) is 3.64. The molecule has 0 atom stereocenters. The smallest absolute Gasteiger partial charge is 0.290 e. The first-order chi connectivity index (χ1) is 7.16. The maximum absolute atomic E-state index is 10.8. The van der Waals surface area contributed by atoms with E-state index in [1.807, 2.05) is 0 Å². The van der Waals surface area contributed by atoms with Gasteiger partial charge in [-0.1, -0.05) is 28.9 Å². The lowest BCUT2D eigenvalue weighted by molar-refractivity contribution is 0.104. The molecule has 0 spiro atoms. The van der Waals surface area contributed by atoms with Crippen LogP contribution in [0.5, 0.6) is 0 Å². The Morgan fingerprint density at radius 2 is 1.93 bits per heavy atom. The summed E-state index contributed by atoms with van der Waals surface area (Å²) in [4.78, 5) is 10.8. The van der Waals surface area contributed by atoms with Crippen LogP contribution in [0.15, 0.2) is 34.9 Å². The van der Waals surface area contributed by atoms with Crippen molar-refractivity contribution in [2.24, 2.45) is 0 Å². The van der Waals surface area contributed by atoms with Crippen molar-refractivity contribution >= 4 is 28.4 Å². The highest BCUT2D eigenvalue weighted by Gasteiger charge is 2.11. The van der Waals surface area contributed by atoms with Crippen molar-refractivity contribution in [3.05, 3.63) is 41.1 Å². The Bertz CT molecular complexity index is 490. The minimum Gasteiger partial charge on any atom is -0.351 e. The SMILES string of the molecule is O=C(Cl)c1cc(-c2ccc(Cl)cc2)no1. The highest BCUT2D eigenvalue weighted by atomic mass is 35.5. The Morgan fingerprint density at radius 1 is 1.27 bits per heavy atom. The van der Waals surface area contributed by atoms with Crippen molar-refractivity contribution in [3.8, 4) is 11.3 Å². The number of hydrogen-bond acceptors (Lipinski definition) is 3. The van der Waals surface area contributed by atoms with Crippen molar-refractivity contribution in [2.75, 3.05) is 0 Å². The van der Waals surface area contributed by atoms with Gasteiger partial charge in [0.25, 0.3) is 5.24 Å². The summed E-state index contributed by atoms with van der Waals surface area (Å²) in [7, 11) is 0. The number of benzene rings is 1. The lowest BCUT2D eigenvalue weighted by Crippen LogP contribution is -1.81. The minimum absolute atomic E-state index is 0.0293. The van der Waals surface area contributed by atoms with Crippen LogP contribution < -0.4 is 0 Å². The predicted molar refractivity (Wildman–Crippen MR) is 57.1 cm³/mol. The molecule has 0 bridgehead atoms. The molecule has 1 aromatic carbocycles. The number of hydrogen-bond donors (Lipinski definition) is 0. The monoisotopic (exact) mass is 241 g/mol. The van der Waals surface area contributed by atoms with E-state index in [-0.39, 0.29) is 5.76 Å². The molecule has 0 saturated carbocycles. The molecule has 0 aliphatic heterocycles. The standard InChI is InChI=1S/C10H5Cl2NO2/c11-7-3-1-6(2-4-7)8-5-9(10(12)14)15-13-8/h1-5H. The van der Waals surface area contributed by atoms with Crippen LogP contribution in [0.1, 0.15) is 10.6 Å². The Hall–Kier alpha value is -1.32. The molecule has 0 aliphatic carbocycles. The van der Waals surface area contributed by atoms with E-state index in [1.54, 1.807) is 24.3 Å². The molecule has 0 amide bonds. The fourth-order valence-corrected chi connectivity index (χ4v) is 1.34. The van der Waals surface area contributed by atoms with Crippen molar-refractivity contribution < 1.29 is 9.32 Å². The molecule has 15 heavy (non-hydrogen) atoms. The summed E-state index contributed by atoms with van der Waals surface area (Å²) in [6, 6.07) is 8.51. The van der Waals surface area contributed by atoms with Crippen molar-refractivity contribution in [3.63, 3.8) is 0 Å². The van der Waals surface area contributed by atoms with Crippen LogP contribution in [-0.4, -0.2) is 10.4 Å². The van der Waals surface area contributed by atoms with Gasteiger partial charge in [-0.05, 0) is 23.7 Å². The lowest BCUT2D eigenvalue weighted by atomic mass is 10.1.